The number of alkyl halides is 3. The molecule has 0 unspecified atom stereocenters. The molecule has 0 radical (unpaired) electrons. The Morgan fingerprint density at radius 1 is 1.11 bits per heavy atom. The van der Waals surface area contributed by atoms with Gasteiger partial charge in [-0.1, -0.05) is 27.2 Å². The number of benzene rings is 1. The van der Waals surface area contributed by atoms with Crippen molar-refractivity contribution in [3.8, 4) is 11.6 Å². The average molecular weight is 383 g/mol. The van der Waals surface area contributed by atoms with Gasteiger partial charge in [0.15, 0.2) is 0 Å². The Kier molecular flexibility index (Phi) is 7.27. The zero-order valence-corrected chi connectivity index (χ0v) is 15.6. The third-order valence-corrected chi connectivity index (χ3v) is 3.49. The maximum absolute atomic E-state index is 13.1. The molecule has 0 amide bonds. The van der Waals surface area contributed by atoms with E-state index in [-0.39, 0.29) is 12.6 Å². The predicted octanol–water partition coefficient (Wildman–Crippen LogP) is 5.45. The fraction of sp³-hybridized carbons (Fsp3) is 0.474. The molecule has 0 spiro atoms. The lowest BCUT2D eigenvalue weighted by atomic mass is 10.2. The van der Waals surface area contributed by atoms with Crippen LogP contribution in [-0.2, 0) is 6.18 Å². The summed E-state index contributed by atoms with van der Waals surface area (Å²) in [4.78, 5) is 7.65. The minimum absolute atomic E-state index is 0.0327. The van der Waals surface area contributed by atoms with E-state index >= 15 is 0 Å². The number of nitrogens with zero attached hydrogens (tertiary/aromatic N) is 2. The van der Waals surface area contributed by atoms with Gasteiger partial charge in [-0.3, -0.25) is 0 Å². The summed E-state index contributed by atoms with van der Waals surface area (Å²) >= 11 is 0. The molecule has 1 aromatic heterocycles. The van der Waals surface area contributed by atoms with Crippen molar-refractivity contribution >= 4 is 11.6 Å². The van der Waals surface area contributed by atoms with Crippen LogP contribution in [0.2, 0.25) is 0 Å². The number of anilines is 2. The van der Waals surface area contributed by atoms with Gasteiger partial charge in [-0.15, -0.1) is 0 Å². The predicted molar refractivity (Wildman–Crippen MR) is 97.5 cm³/mol. The van der Waals surface area contributed by atoms with Gasteiger partial charge in [0.1, 0.15) is 11.3 Å². The summed E-state index contributed by atoms with van der Waals surface area (Å²) < 4.78 is 50.1. The van der Waals surface area contributed by atoms with Crippen LogP contribution in [0, 0.1) is 5.92 Å². The van der Waals surface area contributed by atoms with E-state index in [2.05, 4.69) is 29.1 Å². The highest BCUT2D eigenvalue weighted by atomic mass is 19.4. The number of nitrogens with one attached hydrogen (secondary N) is 1. The molecule has 0 aliphatic rings. The number of hydrogen-bond acceptors (Lipinski definition) is 5. The lowest BCUT2D eigenvalue weighted by Gasteiger charge is -2.14. The minimum Gasteiger partial charge on any atom is -0.493 e. The SMILES string of the molecule is CCCCOc1nc(Nc2ccc(OCC(C)C)cc2)ncc1C(F)(F)F. The number of ether oxygens (including phenoxy) is 2. The first kappa shape index (κ1) is 20.8. The molecule has 0 saturated heterocycles. The van der Waals surface area contributed by atoms with Crippen molar-refractivity contribution in [1.82, 2.24) is 9.97 Å². The van der Waals surface area contributed by atoms with E-state index in [1.165, 1.54) is 0 Å². The average Bonchev–Trinajstić information content (AvgIpc) is 2.60. The summed E-state index contributed by atoms with van der Waals surface area (Å²) in [5.74, 6) is 0.691. The highest BCUT2D eigenvalue weighted by Gasteiger charge is 2.36. The van der Waals surface area contributed by atoms with Crippen molar-refractivity contribution in [3.05, 3.63) is 36.0 Å². The van der Waals surface area contributed by atoms with Crippen molar-refractivity contribution in [1.29, 1.82) is 0 Å². The van der Waals surface area contributed by atoms with Gasteiger partial charge in [-0.2, -0.15) is 18.2 Å². The molecule has 2 rings (SSSR count). The van der Waals surface area contributed by atoms with Crippen LogP contribution in [0.15, 0.2) is 30.5 Å². The molecule has 2 aromatic rings. The molecule has 0 atom stereocenters. The molecule has 1 N–H and O–H groups in total. The Balaban J connectivity index is 2.12. The normalized spacial score (nSPS) is 11.5. The first-order valence-corrected chi connectivity index (χ1v) is 8.86. The second-order valence-electron chi connectivity index (χ2n) is 6.47. The van der Waals surface area contributed by atoms with Crippen LogP contribution in [0.1, 0.15) is 39.2 Å². The van der Waals surface area contributed by atoms with Crippen LogP contribution in [0.25, 0.3) is 0 Å². The van der Waals surface area contributed by atoms with E-state index in [0.29, 0.717) is 30.4 Å². The summed E-state index contributed by atoms with van der Waals surface area (Å²) in [6.45, 7) is 6.80. The lowest BCUT2D eigenvalue weighted by molar-refractivity contribution is -0.139. The van der Waals surface area contributed by atoms with Crippen LogP contribution in [0.3, 0.4) is 0 Å². The monoisotopic (exact) mass is 383 g/mol. The Hall–Kier alpha value is -2.51. The number of rotatable bonds is 9. The summed E-state index contributed by atoms with van der Waals surface area (Å²) in [5.41, 5.74) is -0.354. The summed E-state index contributed by atoms with van der Waals surface area (Å²) in [5, 5.41) is 2.88. The second-order valence-corrected chi connectivity index (χ2v) is 6.47. The van der Waals surface area contributed by atoms with E-state index in [9.17, 15) is 13.2 Å². The number of hydrogen-bond donors (Lipinski definition) is 1. The summed E-state index contributed by atoms with van der Waals surface area (Å²) in [6, 6.07) is 7.03. The molecular formula is C19H24F3N3O2. The Morgan fingerprint density at radius 3 is 2.41 bits per heavy atom. The van der Waals surface area contributed by atoms with Crippen molar-refractivity contribution in [2.24, 2.45) is 5.92 Å². The van der Waals surface area contributed by atoms with E-state index in [1.54, 1.807) is 24.3 Å². The molecular weight excluding hydrogens is 359 g/mol. The lowest BCUT2D eigenvalue weighted by Crippen LogP contribution is -2.13. The third-order valence-electron chi connectivity index (χ3n) is 3.49. The van der Waals surface area contributed by atoms with Gasteiger partial charge in [-0.25, -0.2) is 4.98 Å². The van der Waals surface area contributed by atoms with Gasteiger partial charge < -0.3 is 14.8 Å². The topological polar surface area (TPSA) is 56.3 Å². The van der Waals surface area contributed by atoms with Crippen LogP contribution >= 0.6 is 0 Å². The molecule has 148 valence electrons. The van der Waals surface area contributed by atoms with Crippen molar-refractivity contribution in [3.63, 3.8) is 0 Å². The van der Waals surface area contributed by atoms with Gasteiger partial charge >= 0.3 is 6.18 Å². The molecule has 0 aliphatic heterocycles. The van der Waals surface area contributed by atoms with E-state index < -0.39 is 17.6 Å². The first-order chi connectivity index (χ1) is 12.8. The molecule has 1 aromatic carbocycles. The zero-order chi connectivity index (χ0) is 19.9. The number of halogens is 3. The van der Waals surface area contributed by atoms with Crippen LogP contribution < -0.4 is 14.8 Å². The largest absolute Gasteiger partial charge is 0.493 e. The quantitative estimate of drug-likeness (QED) is 0.583. The molecule has 0 aliphatic carbocycles. The van der Waals surface area contributed by atoms with Gasteiger partial charge in [0.25, 0.3) is 0 Å². The van der Waals surface area contributed by atoms with Crippen LogP contribution in [0.4, 0.5) is 24.8 Å². The maximum Gasteiger partial charge on any atom is 0.423 e. The van der Waals surface area contributed by atoms with Gasteiger partial charge in [0.2, 0.25) is 11.8 Å². The molecule has 0 bridgehead atoms. The van der Waals surface area contributed by atoms with E-state index in [4.69, 9.17) is 9.47 Å². The Bertz CT molecular complexity index is 719. The molecule has 1 heterocycles. The Labute approximate surface area is 156 Å². The highest BCUT2D eigenvalue weighted by Crippen LogP contribution is 2.35. The maximum atomic E-state index is 13.1. The molecule has 8 heteroatoms. The highest BCUT2D eigenvalue weighted by molar-refractivity contribution is 5.55. The van der Waals surface area contributed by atoms with Crippen molar-refractivity contribution < 1.29 is 22.6 Å². The van der Waals surface area contributed by atoms with Crippen molar-refractivity contribution in [2.45, 2.75) is 39.8 Å². The third kappa shape index (κ3) is 6.62. The summed E-state index contributed by atoms with van der Waals surface area (Å²) in [7, 11) is 0. The van der Waals surface area contributed by atoms with E-state index in [1.807, 2.05) is 6.92 Å². The van der Waals surface area contributed by atoms with Crippen LogP contribution in [-0.4, -0.2) is 23.2 Å². The van der Waals surface area contributed by atoms with Crippen molar-refractivity contribution in [2.75, 3.05) is 18.5 Å². The van der Waals surface area contributed by atoms with Gasteiger partial charge in [0.05, 0.1) is 13.2 Å². The minimum atomic E-state index is -4.57. The zero-order valence-electron chi connectivity index (χ0n) is 15.6. The standard InChI is InChI=1S/C19H24F3N3O2/c1-4-5-10-26-17-16(19(20,21)22)11-23-18(25-17)24-14-6-8-15(9-7-14)27-12-13(2)3/h6-9,11,13H,4-5,10,12H2,1-3H3,(H,23,24,25). The van der Waals surface area contributed by atoms with E-state index in [0.717, 1.165) is 12.6 Å². The molecule has 5 nitrogen and oxygen atoms in total. The number of unbranched alkanes of at least 4 members (excludes halogenated alkanes) is 1. The fourth-order valence-corrected chi connectivity index (χ4v) is 2.07. The molecule has 0 saturated carbocycles. The summed E-state index contributed by atoms with van der Waals surface area (Å²) in [6.07, 6.45) is -2.39. The number of aromatic nitrogens is 2. The van der Waals surface area contributed by atoms with Crippen LogP contribution in [0.5, 0.6) is 11.6 Å². The molecule has 27 heavy (non-hydrogen) atoms. The molecule has 0 fully saturated rings. The van der Waals surface area contributed by atoms with Gasteiger partial charge in [-0.05, 0) is 36.6 Å². The van der Waals surface area contributed by atoms with Gasteiger partial charge in [0, 0.05) is 11.9 Å². The second kappa shape index (κ2) is 9.43. The smallest absolute Gasteiger partial charge is 0.423 e. The first-order valence-electron chi connectivity index (χ1n) is 8.86. The Morgan fingerprint density at radius 2 is 1.81 bits per heavy atom. The fourth-order valence-electron chi connectivity index (χ4n) is 2.07.